The third-order valence-electron chi connectivity index (χ3n) is 4.12. The van der Waals surface area contributed by atoms with E-state index in [1.165, 1.54) is 0 Å². The number of esters is 1. The number of ether oxygens (including phenoxy) is 1. The van der Waals surface area contributed by atoms with Crippen molar-refractivity contribution in [3.8, 4) is 0 Å². The lowest BCUT2D eigenvalue weighted by Gasteiger charge is -2.48. The van der Waals surface area contributed by atoms with E-state index in [4.69, 9.17) is 4.74 Å². The van der Waals surface area contributed by atoms with Crippen LogP contribution in [0.2, 0.25) is 0 Å². The van der Waals surface area contributed by atoms with Gasteiger partial charge in [-0.3, -0.25) is 4.79 Å². The Kier molecular flexibility index (Phi) is 4.78. The number of hydrogen-bond donors (Lipinski definition) is 2. The lowest BCUT2D eigenvalue weighted by molar-refractivity contribution is -0.166. The quantitative estimate of drug-likeness (QED) is 0.756. The Balaban J connectivity index is 2.80. The monoisotopic (exact) mass is 258 g/mol. The molecule has 2 N–H and O–H groups in total. The van der Waals surface area contributed by atoms with Gasteiger partial charge in [-0.15, -0.1) is 0 Å². The van der Waals surface area contributed by atoms with Crippen molar-refractivity contribution in [2.75, 3.05) is 6.61 Å². The fourth-order valence-corrected chi connectivity index (χ4v) is 2.95. The van der Waals surface area contributed by atoms with Crippen LogP contribution in [-0.2, 0) is 9.53 Å². The molecule has 0 spiro atoms. The van der Waals surface area contributed by atoms with Crippen LogP contribution in [-0.4, -0.2) is 34.0 Å². The predicted molar refractivity (Wildman–Crippen MR) is 69.0 cm³/mol. The minimum atomic E-state index is -0.992. The van der Waals surface area contributed by atoms with Crippen molar-refractivity contribution in [1.82, 2.24) is 0 Å². The molecule has 3 atom stereocenters. The molecule has 1 saturated carbocycles. The van der Waals surface area contributed by atoms with Crippen molar-refractivity contribution in [3.63, 3.8) is 0 Å². The molecule has 0 aromatic rings. The zero-order valence-corrected chi connectivity index (χ0v) is 11.9. The summed E-state index contributed by atoms with van der Waals surface area (Å²) in [6, 6.07) is 0. The number of carbonyl (C=O) groups excluding carboxylic acids is 1. The Bertz CT molecular complexity index is 298. The Morgan fingerprint density at radius 2 is 2.06 bits per heavy atom. The zero-order chi connectivity index (χ0) is 14.0. The highest BCUT2D eigenvalue weighted by atomic mass is 16.5. The maximum Gasteiger partial charge on any atom is 0.306 e. The van der Waals surface area contributed by atoms with Crippen LogP contribution in [0.5, 0.6) is 0 Å². The molecular formula is C14H26O4. The fraction of sp³-hybridized carbons (Fsp3) is 0.929. The molecule has 0 bridgehead atoms. The SMILES string of the molecule is CCOC(=O)C[C@H]1CC[C@](C)(O)C[C@@]1(O)C(C)C. The van der Waals surface area contributed by atoms with Crippen LogP contribution in [0.15, 0.2) is 0 Å². The van der Waals surface area contributed by atoms with Crippen molar-refractivity contribution in [3.05, 3.63) is 0 Å². The average Bonchev–Trinajstić information content (AvgIpc) is 2.22. The van der Waals surface area contributed by atoms with Crippen LogP contribution in [0.3, 0.4) is 0 Å². The lowest BCUT2D eigenvalue weighted by atomic mass is 9.63. The molecule has 0 amide bonds. The Morgan fingerprint density at radius 3 is 2.56 bits per heavy atom. The first kappa shape index (κ1) is 15.4. The van der Waals surface area contributed by atoms with E-state index in [9.17, 15) is 15.0 Å². The molecule has 0 heterocycles. The van der Waals surface area contributed by atoms with E-state index in [1.807, 2.05) is 13.8 Å². The molecule has 0 unspecified atom stereocenters. The number of aliphatic hydroxyl groups is 2. The van der Waals surface area contributed by atoms with Crippen molar-refractivity contribution in [1.29, 1.82) is 0 Å². The van der Waals surface area contributed by atoms with Gasteiger partial charge in [-0.1, -0.05) is 13.8 Å². The number of carbonyl (C=O) groups is 1. The average molecular weight is 258 g/mol. The summed E-state index contributed by atoms with van der Waals surface area (Å²) >= 11 is 0. The Hall–Kier alpha value is -0.610. The lowest BCUT2D eigenvalue weighted by Crippen LogP contribution is -2.53. The summed E-state index contributed by atoms with van der Waals surface area (Å²) in [7, 11) is 0. The van der Waals surface area contributed by atoms with Gasteiger partial charge in [-0.2, -0.15) is 0 Å². The van der Waals surface area contributed by atoms with Crippen LogP contribution < -0.4 is 0 Å². The highest BCUT2D eigenvalue weighted by molar-refractivity contribution is 5.69. The van der Waals surface area contributed by atoms with Crippen molar-refractivity contribution in [2.24, 2.45) is 11.8 Å². The van der Waals surface area contributed by atoms with Crippen LogP contribution in [0.4, 0.5) is 0 Å². The second-order valence-electron chi connectivity index (χ2n) is 6.06. The molecule has 0 aliphatic heterocycles. The van der Waals surface area contributed by atoms with Crippen molar-refractivity contribution >= 4 is 5.97 Å². The van der Waals surface area contributed by atoms with Gasteiger partial charge in [0.15, 0.2) is 0 Å². The summed E-state index contributed by atoms with van der Waals surface area (Å²) in [5, 5.41) is 20.9. The molecule has 1 aliphatic carbocycles. The van der Waals surface area contributed by atoms with E-state index in [1.54, 1.807) is 13.8 Å². The Morgan fingerprint density at radius 1 is 1.44 bits per heavy atom. The first-order valence-electron chi connectivity index (χ1n) is 6.81. The van der Waals surface area contributed by atoms with E-state index in [0.717, 1.165) is 0 Å². The predicted octanol–water partition coefficient (Wildman–Crippen LogP) is 1.88. The smallest absolute Gasteiger partial charge is 0.306 e. The summed E-state index contributed by atoms with van der Waals surface area (Å²) < 4.78 is 4.96. The summed E-state index contributed by atoms with van der Waals surface area (Å²) in [5.74, 6) is -0.386. The molecule has 0 aromatic heterocycles. The maximum atomic E-state index is 11.6. The van der Waals surface area contributed by atoms with Crippen molar-refractivity contribution < 1.29 is 19.7 Å². The number of rotatable bonds is 4. The molecule has 4 nitrogen and oxygen atoms in total. The second-order valence-corrected chi connectivity index (χ2v) is 6.06. The topological polar surface area (TPSA) is 66.8 Å². The van der Waals surface area contributed by atoms with E-state index >= 15 is 0 Å². The third-order valence-corrected chi connectivity index (χ3v) is 4.12. The van der Waals surface area contributed by atoms with Gasteiger partial charge in [0.2, 0.25) is 0 Å². The highest BCUT2D eigenvalue weighted by Gasteiger charge is 2.49. The van der Waals surface area contributed by atoms with E-state index in [2.05, 4.69) is 0 Å². The largest absolute Gasteiger partial charge is 0.466 e. The van der Waals surface area contributed by atoms with Gasteiger partial charge in [0, 0.05) is 6.42 Å². The van der Waals surface area contributed by atoms with E-state index < -0.39 is 11.2 Å². The molecule has 4 heteroatoms. The minimum absolute atomic E-state index is 0.00343. The third kappa shape index (κ3) is 3.45. The van der Waals surface area contributed by atoms with Crippen LogP contribution in [0.25, 0.3) is 0 Å². The first-order chi connectivity index (χ1) is 8.21. The van der Waals surface area contributed by atoms with Gasteiger partial charge in [0.05, 0.1) is 24.2 Å². The molecule has 1 fully saturated rings. The molecule has 1 rings (SSSR count). The zero-order valence-electron chi connectivity index (χ0n) is 11.9. The van der Waals surface area contributed by atoms with E-state index in [0.29, 0.717) is 25.9 Å². The standard InChI is InChI=1S/C14H26O4/c1-5-18-12(15)8-11-6-7-13(4,16)9-14(11,17)10(2)3/h10-11,16-17H,5-9H2,1-4H3/t11-,13+,14-/m1/s1. The molecule has 106 valence electrons. The molecule has 0 radical (unpaired) electrons. The molecule has 0 aromatic carbocycles. The first-order valence-corrected chi connectivity index (χ1v) is 6.81. The van der Waals surface area contributed by atoms with Gasteiger partial charge in [-0.05, 0) is 38.5 Å². The van der Waals surface area contributed by atoms with E-state index in [-0.39, 0.29) is 24.2 Å². The van der Waals surface area contributed by atoms with Crippen LogP contribution in [0.1, 0.15) is 53.4 Å². The van der Waals surface area contributed by atoms with Gasteiger partial charge >= 0.3 is 5.97 Å². The second kappa shape index (κ2) is 5.57. The minimum Gasteiger partial charge on any atom is -0.466 e. The molecule has 1 aliphatic rings. The summed E-state index contributed by atoms with van der Waals surface area (Å²) in [4.78, 5) is 11.6. The molecule has 18 heavy (non-hydrogen) atoms. The van der Waals surface area contributed by atoms with Gasteiger partial charge in [0.1, 0.15) is 0 Å². The number of hydrogen-bond acceptors (Lipinski definition) is 4. The fourth-order valence-electron chi connectivity index (χ4n) is 2.95. The maximum absolute atomic E-state index is 11.6. The van der Waals surface area contributed by atoms with Crippen molar-refractivity contribution in [2.45, 2.75) is 64.6 Å². The summed E-state index contributed by atoms with van der Waals surface area (Å²) in [5.41, 5.74) is -1.83. The van der Waals surface area contributed by atoms with Gasteiger partial charge in [0.25, 0.3) is 0 Å². The normalized spacial score (nSPS) is 36.7. The summed E-state index contributed by atoms with van der Waals surface area (Å²) in [6.07, 6.45) is 1.83. The van der Waals surface area contributed by atoms with Crippen LogP contribution >= 0.6 is 0 Å². The van der Waals surface area contributed by atoms with Gasteiger partial charge < -0.3 is 14.9 Å². The van der Waals surface area contributed by atoms with Gasteiger partial charge in [-0.25, -0.2) is 0 Å². The van der Waals surface area contributed by atoms with Crippen LogP contribution in [0, 0.1) is 11.8 Å². The highest BCUT2D eigenvalue weighted by Crippen LogP contribution is 2.45. The molecule has 0 saturated heterocycles. The molecular weight excluding hydrogens is 232 g/mol. The summed E-state index contributed by atoms with van der Waals surface area (Å²) in [6.45, 7) is 7.75. The Labute approximate surface area is 109 Å².